The fourth-order valence-electron chi connectivity index (χ4n) is 1.37. The molecular formula is C12H16N2O5S. The number of sulfonamides is 1. The van der Waals surface area contributed by atoms with Crippen molar-refractivity contribution in [1.29, 1.82) is 0 Å². The summed E-state index contributed by atoms with van der Waals surface area (Å²) in [5, 5.41) is 2.48. The van der Waals surface area contributed by atoms with Crippen molar-refractivity contribution in [3.63, 3.8) is 0 Å². The number of ether oxygens (including phenoxy) is 1. The van der Waals surface area contributed by atoms with Crippen LogP contribution in [0.15, 0.2) is 29.2 Å². The summed E-state index contributed by atoms with van der Waals surface area (Å²) in [6.07, 6.45) is 0. The summed E-state index contributed by atoms with van der Waals surface area (Å²) in [5.74, 6) is -1.18. The molecule has 0 saturated carbocycles. The van der Waals surface area contributed by atoms with Crippen LogP contribution in [0.5, 0.6) is 0 Å². The van der Waals surface area contributed by atoms with Crippen LogP contribution in [-0.2, 0) is 19.6 Å². The van der Waals surface area contributed by atoms with Crippen molar-refractivity contribution in [1.82, 2.24) is 10.0 Å². The summed E-state index contributed by atoms with van der Waals surface area (Å²) in [6, 6.07) is 5.37. The first-order chi connectivity index (χ1) is 9.40. The van der Waals surface area contributed by atoms with Gasteiger partial charge in [0.25, 0.3) is 5.91 Å². The average Bonchev–Trinajstić information content (AvgIpc) is 2.45. The monoisotopic (exact) mass is 300 g/mol. The second-order valence-electron chi connectivity index (χ2n) is 3.77. The molecule has 1 aromatic carbocycles. The first-order valence-corrected chi connectivity index (χ1v) is 7.36. The highest BCUT2D eigenvalue weighted by atomic mass is 32.2. The van der Waals surface area contributed by atoms with Crippen molar-refractivity contribution in [3.8, 4) is 0 Å². The highest BCUT2D eigenvalue weighted by Crippen LogP contribution is 2.12. The van der Waals surface area contributed by atoms with Gasteiger partial charge in [0.15, 0.2) is 6.61 Å². The molecule has 8 heteroatoms. The van der Waals surface area contributed by atoms with E-state index in [9.17, 15) is 18.0 Å². The minimum absolute atomic E-state index is 0.0486. The molecule has 110 valence electrons. The molecule has 0 fully saturated rings. The molecule has 1 aromatic rings. The van der Waals surface area contributed by atoms with Crippen LogP contribution in [0.25, 0.3) is 0 Å². The third-order valence-corrected chi connectivity index (χ3v) is 3.77. The van der Waals surface area contributed by atoms with Crippen molar-refractivity contribution >= 4 is 21.9 Å². The number of hydrogen-bond acceptors (Lipinski definition) is 5. The van der Waals surface area contributed by atoms with E-state index in [1.165, 1.54) is 31.3 Å². The molecule has 0 saturated heterocycles. The number of hydrogen-bond donors (Lipinski definition) is 2. The molecule has 2 N–H and O–H groups in total. The molecule has 1 amide bonds. The zero-order valence-electron chi connectivity index (χ0n) is 11.2. The fraction of sp³-hybridized carbons (Fsp3) is 0.333. The van der Waals surface area contributed by atoms with E-state index in [1.54, 1.807) is 6.92 Å². The van der Waals surface area contributed by atoms with Crippen molar-refractivity contribution in [2.45, 2.75) is 11.8 Å². The van der Waals surface area contributed by atoms with E-state index in [4.69, 9.17) is 4.74 Å². The smallest absolute Gasteiger partial charge is 0.338 e. The maximum atomic E-state index is 11.7. The lowest BCUT2D eigenvalue weighted by atomic mass is 10.2. The average molecular weight is 300 g/mol. The fourth-order valence-corrected chi connectivity index (χ4v) is 2.15. The molecule has 1 rings (SSSR count). The van der Waals surface area contributed by atoms with Crippen molar-refractivity contribution in [2.24, 2.45) is 0 Å². The SMILES string of the molecule is CCNC(=O)COC(=O)c1cccc(S(=O)(=O)NC)c1. The molecule has 0 unspecified atom stereocenters. The molecule has 0 radical (unpaired) electrons. The molecule has 0 atom stereocenters. The van der Waals surface area contributed by atoms with E-state index in [0.29, 0.717) is 6.54 Å². The standard InChI is InChI=1S/C12H16N2O5S/c1-3-14-11(15)8-19-12(16)9-5-4-6-10(7-9)20(17,18)13-2/h4-7,13H,3,8H2,1-2H3,(H,14,15). The van der Waals surface area contributed by atoms with Gasteiger partial charge in [-0.05, 0) is 32.2 Å². The molecule has 0 aliphatic heterocycles. The largest absolute Gasteiger partial charge is 0.452 e. The summed E-state index contributed by atoms with van der Waals surface area (Å²) >= 11 is 0. The number of rotatable bonds is 6. The van der Waals surface area contributed by atoms with Gasteiger partial charge < -0.3 is 10.1 Å². The lowest BCUT2D eigenvalue weighted by Gasteiger charge is -2.07. The minimum atomic E-state index is -3.63. The van der Waals surface area contributed by atoms with Gasteiger partial charge in [0.2, 0.25) is 10.0 Å². The van der Waals surface area contributed by atoms with Crippen molar-refractivity contribution < 1.29 is 22.7 Å². The number of amides is 1. The van der Waals surface area contributed by atoms with Gasteiger partial charge in [0.1, 0.15) is 0 Å². The highest BCUT2D eigenvalue weighted by molar-refractivity contribution is 7.89. The molecule has 20 heavy (non-hydrogen) atoms. The summed E-state index contributed by atoms with van der Waals surface area (Å²) in [7, 11) is -2.36. The summed E-state index contributed by atoms with van der Waals surface area (Å²) < 4.78 is 30.1. The number of likely N-dealkylation sites (N-methyl/N-ethyl adjacent to an activating group) is 1. The van der Waals surface area contributed by atoms with E-state index in [1.807, 2.05) is 0 Å². The number of benzene rings is 1. The van der Waals surface area contributed by atoms with Crippen LogP contribution >= 0.6 is 0 Å². The van der Waals surface area contributed by atoms with Crippen LogP contribution in [0.4, 0.5) is 0 Å². The van der Waals surface area contributed by atoms with Crippen molar-refractivity contribution in [2.75, 3.05) is 20.2 Å². The molecule has 0 bridgehead atoms. The first-order valence-electron chi connectivity index (χ1n) is 5.88. The molecular weight excluding hydrogens is 284 g/mol. The van der Waals surface area contributed by atoms with E-state index in [2.05, 4.69) is 10.0 Å². The summed E-state index contributed by atoms with van der Waals surface area (Å²) in [5.41, 5.74) is 0.0608. The highest BCUT2D eigenvalue weighted by Gasteiger charge is 2.15. The van der Waals surface area contributed by atoms with Gasteiger partial charge in [-0.15, -0.1) is 0 Å². The Morgan fingerprint density at radius 2 is 2.00 bits per heavy atom. The predicted molar refractivity (Wildman–Crippen MR) is 71.7 cm³/mol. The van der Waals surface area contributed by atoms with Gasteiger partial charge in [-0.3, -0.25) is 4.79 Å². The minimum Gasteiger partial charge on any atom is -0.452 e. The van der Waals surface area contributed by atoms with Gasteiger partial charge in [-0.1, -0.05) is 6.07 Å². The summed E-state index contributed by atoms with van der Waals surface area (Å²) in [4.78, 5) is 22.8. The molecule has 0 aliphatic carbocycles. The molecule has 0 spiro atoms. The number of carbonyl (C=O) groups is 2. The predicted octanol–water partition coefficient (Wildman–Crippen LogP) is -0.112. The van der Waals surface area contributed by atoms with Crippen LogP contribution in [0.1, 0.15) is 17.3 Å². The zero-order valence-corrected chi connectivity index (χ0v) is 12.0. The Morgan fingerprint density at radius 1 is 1.30 bits per heavy atom. The normalized spacial score (nSPS) is 10.9. The Morgan fingerprint density at radius 3 is 2.60 bits per heavy atom. The van der Waals surface area contributed by atoms with Crippen LogP contribution in [0.3, 0.4) is 0 Å². The zero-order chi connectivity index (χ0) is 15.2. The Kier molecular flexibility index (Phi) is 5.66. The lowest BCUT2D eigenvalue weighted by Crippen LogP contribution is -2.28. The van der Waals surface area contributed by atoms with E-state index < -0.39 is 28.5 Å². The van der Waals surface area contributed by atoms with Gasteiger partial charge in [0, 0.05) is 6.54 Å². The first kappa shape index (κ1) is 16.1. The molecule has 7 nitrogen and oxygen atoms in total. The number of carbonyl (C=O) groups excluding carboxylic acids is 2. The van der Waals surface area contributed by atoms with Gasteiger partial charge in [-0.25, -0.2) is 17.9 Å². The van der Waals surface area contributed by atoms with E-state index in [0.717, 1.165) is 0 Å². The van der Waals surface area contributed by atoms with E-state index >= 15 is 0 Å². The topological polar surface area (TPSA) is 102 Å². The van der Waals surface area contributed by atoms with Crippen LogP contribution < -0.4 is 10.0 Å². The van der Waals surface area contributed by atoms with Crippen LogP contribution in [0.2, 0.25) is 0 Å². The third-order valence-electron chi connectivity index (χ3n) is 2.36. The summed E-state index contributed by atoms with van der Waals surface area (Å²) in [6.45, 7) is 1.77. The van der Waals surface area contributed by atoms with Gasteiger partial charge in [0.05, 0.1) is 10.5 Å². The molecule has 0 aliphatic rings. The molecule has 0 aromatic heterocycles. The van der Waals surface area contributed by atoms with E-state index in [-0.39, 0.29) is 10.5 Å². The Hall–Kier alpha value is -1.93. The maximum Gasteiger partial charge on any atom is 0.338 e. The van der Waals surface area contributed by atoms with Crippen molar-refractivity contribution in [3.05, 3.63) is 29.8 Å². The van der Waals surface area contributed by atoms with Crippen LogP contribution in [0, 0.1) is 0 Å². The van der Waals surface area contributed by atoms with Crippen LogP contribution in [-0.4, -0.2) is 40.5 Å². The Bertz CT molecular complexity index is 598. The molecule has 0 heterocycles. The van der Waals surface area contributed by atoms with Gasteiger partial charge >= 0.3 is 5.97 Å². The van der Waals surface area contributed by atoms with Gasteiger partial charge in [-0.2, -0.15) is 0 Å². The number of esters is 1. The second-order valence-corrected chi connectivity index (χ2v) is 5.65. The quantitative estimate of drug-likeness (QED) is 0.714. The third kappa shape index (κ3) is 4.32. The maximum absolute atomic E-state index is 11.7. The Labute approximate surface area is 117 Å². The lowest BCUT2D eigenvalue weighted by molar-refractivity contribution is -0.124. The second kappa shape index (κ2) is 7.01. The Balaban J connectivity index is 2.80. The number of nitrogens with one attached hydrogen (secondary N) is 2.